The number of nitrogens with zero attached hydrogens (tertiary/aromatic N) is 6. The van der Waals surface area contributed by atoms with Crippen molar-refractivity contribution in [3.8, 4) is 5.75 Å². The lowest BCUT2D eigenvalue weighted by atomic mass is 10.0. The van der Waals surface area contributed by atoms with Gasteiger partial charge >= 0.3 is 0 Å². The van der Waals surface area contributed by atoms with E-state index in [-0.39, 0.29) is 5.91 Å². The van der Waals surface area contributed by atoms with Crippen molar-refractivity contribution in [2.75, 3.05) is 12.0 Å². The van der Waals surface area contributed by atoms with Crippen molar-refractivity contribution in [1.82, 2.24) is 24.1 Å². The predicted molar refractivity (Wildman–Crippen MR) is 125 cm³/mol. The Balaban J connectivity index is 1.76. The molecule has 0 aliphatic carbocycles. The molecule has 1 atom stereocenters. The summed E-state index contributed by atoms with van der Waals surface area (Å²) in [4.78, 5) is 19.9. The highest BCUT2D eigenvalue weighted by Gasteiger charge is 2.44. The second-order valence-corrected chi connectivity index (χ2v) is 8.50. The van der Waals surface area contributed by atoms with Gasteiger partial charge in [0.15, 0.2) is 16.2 Å². The van der Waals surface area contributed by atoms with E-state index < -0.39 is 6.04 Å². The molecule has 0 N–H and O–H groups in total. The highest BCUT2D eigenvalue weighted by molar-refractivity contribution is 9.10. The standard InChI is InChI=1S/C22H18BrClN6O2/c1-4-9-28-19-17(25-22(28)23)21(31)30(18(19)13-5-7-14(24)8-6-13)15-10-16(32-3)20-27-26-12(2)29(20)11-15/h4-8,10-11,18H,1,9H2,2-3H3. The van der Waals surface area contributed by atoms with Gasteiger partial charge in [0.1, 0.15) is 11.9 Å². The molecule has 32 heavy (non-hydrogen) atoms. The van der Waals surface area contributed by atoms with Crippen molar-refractivity contribution in [2.24, 2.45) is 0 Å². The number of ether oxygens (including phenoxy) is 1. The molecule has 1 amide bonds. The largest absolute Gasteiger partial charge is 0.493 e. The molecule has 0 radical (unpaired) electrons. The van der Waals surface area contributed by atoms with E-state index in [0.29, 0.717) is 44.9 Å². The molecule has 1 aliphatic heterocycles. The lowest BCUT2D eigenvalue weighted by Gasteiger charge is -2.27. The summed E-state index contributed by atoms with van der Waals surface area (Å²) < 4.78 is 9.89. The van der Waals surface area contributed by atoms with Gasteiger partial charge in [-0.05, 0) is 40.5 Å². The van der Waals surface area contributed by atoms with Gasteiger partial charge in [-0.15, -0.1) is 16.8 Å². The van der Waals surface area contributed by atoms with E-state index in [9.17, 15) is 4.79 Å². The lowest BCUT2D eigenvalue weighted by molar-refractivity contribution is 0.0989. The normalized spacial score (nSPS) is 15.4. The number of methoxy groups -OCH3 is 1. The van der Waals surface area contributed by atoms with Crippen LogP contribution in [0.4, 0.5) is 5.69 Å². The number of hydrogen-bond donors (Lipinski definition) is 0. The zero-order valence-corrected chi connectivity index (χ0v) is 19.6. The summed E-state index contributed by atoms with van der Waals surface area (Å²) in [6.07, 6.45) is 3.61. The second-order valence-electron chi connectivity index (χ2n) is 7.35. The molecule has 0 spiro atoms. The van der Waals surface area contributed by atoms with E-state index >= 15 is 0 Å². The molecule has 0 bridgehead atoms. The molecule has 1 aliphatic rings. The van der Waals surface area contributed by atoms with Crippen LogP contribution in [0.2, 0.25) is 5.02 Å². The Bertz CT molecular complexity index is 1380. The summed E-state index contributed by atoms with van der Waals surface area (Å²) in [5.74, 6) is 0.991. The Kier molecular flexibility index (Phi) is 5.02. The molecule has 8 nitrogen and oxygen atoms in total. The summed E-state index contributed by atoms with van der Waals surface area (Å²) in [6, 6.07) is 8.83. The van der Waals surface area contributed by atoms with Crippen molar-refractivity contribution in [1.29, 1.82) is 0 Å². The smallest absolute Gasteiger partial charge is 0.279 e. The van der Waals surface area contributed by atoms with Crippen LogP contribution in [0.1, 0.15) is 33.6 Å². The van der Waals surface area contributed by atoms with Gasteiger partial charge in [-0.1, -0.05) is 29.8 Å². The van der Waals surface area contributed by atoms with E-state index in [4.69, 9.17) is 16.3 Å². The number of carbonyl (C=O) groups excluding carboxylic acids is 1. The molecule has 10 heteroatoms. The molecule has 0 saturated carbocycles. The third-order valence-corrected chi connectivity index (χ3v) is 6.38. The van der Waals surface area contributed by atoms with Crippen molar-refractivity contribution in [2.45, 2.75) is 19.5 Å². The Morgan fingerprint density at radius 2 is 2.03 bits per heavy atom. The van der Waals surface area contributed by atoms with E-state index in [1.807, 2.05) is 46.4 Å². The molecule has 0 saturated heterocycles. The highest BCUT2D eigenvalue weighted by atomic mass is 79.9. The zero-order chi connectivity index (χ0) is 22.6. The Labute approximate surface area is 197 Å². The molecule has 5 rings (SSSR count). The average molecular weight is 514 g/mol. The molecule has 162 valence electrons. The van der Waals surface area contributed by atoms with E-state index in [0.717, 1.165) is 11.3 Å². The molecule has 1 unspecified atom stereocenters. The second kappa shape index (κ2) is 7.75. The number of halogens is 2. The van der Waals surface area contributed by atoms with Crippen LogP contribution in [0.15, 0.2) is 53.9 Å². The minimum atomic E-state index is -0.424. The van der Waals surface area contributed by atoms with E-state index in [1.54, 1.807) is 24.2 Å². The van der Waals surface area contributed by atoms with Gasteiger partial charge in [0.2, 0.25) is 5.65 Å². The van der Waals surface area contributed by atoms with Gasteiger partial charge in [-0.25, -0.2) is 4.98 Å². The summed E-state index contributed by atoms with van der Waals surface area (Å²) in [7, 11) is 1.57. The summed E-state index contributed by atoms with van der Waals surface area (Å²) in [5, 5.41) is 8.94. The monoisotopic (exact) mass is 512 g/mol. The number of aryl methyl sites for hydroxylation is 1. The van der Waals surface area contributed by atoms with Gasteiger partial charge in [-0.3, -0.25) is 14.1 Å². The van der Waals surface area contributed by atoms with Crippen molar-refractivity contribution in [3.63, 3.8) is 0 Å². The van der Waals surface area contributed by atoms with Crippen molar-refractivity contribution < 1.29 is 9.53 Å². The first-order valence-electron chi connectivity index (χ1n) is 9.79. The van der Waals surface area contributed by atoms with Gasteiger partial charge in [0, 0.05) is 23.8 Å². The summed E-state index contributed by atoms with van der Waals surface area (Å²) >= 11 is 9.63. The van der Waals surface area contributed by atoms with Crippen LogP contribution in [-0.4, -0.2) is 37.2 Å². The number of carbonyl (C=O) groups is 1. The fourth-order valence-electron chi connectivity index (χ4n) is 4.09. The number of fused-ring (bicyclic) bond motifs is 2. The molecular formula is C22H18BrClN6O2. The molecule has 1 aromatic carbocycles. The number of allylic oxidation sites excluding steroid dienone is 1. The number of amides is 1. The third-order valence-electron chi connectivity index (χ3n) is 5.52. The molecule has 4 heterocycles. The summed E-state index contributed by atoms with van der Waals surface area (Å²) in [6.45, 7) is 6.19. The fraction of sp³-hybridized carbons (Fsp3) is 0.182. The molecular weight excluding hydrogens is 496 g/mol. The number of hydrogen-bond acceptors (Lipinski definition) is 5. The van der Waals surface area contributed by atoms with Gasteiger partial charge < -0.3 is 9.30 Å². The topological polar surface area (TPSA) is 77.6 Å². The van der Waals surface area contributed by atoms with Crippen molar-refractivity contribution >= 4 is 44.8 Å². The van der Waals surface area contributed by atoms with Crippen LogP contribution in [-0.2, 0) is 6.54 Å². The van der Waals surface area contributed by atoms with Crippen LogP contribution in [0.5, 0.6) is 5.75 Å². The lowest BCUT2D eigenvalue weighted by Crippen LogP contribution is -2.30. The van der Waals surface area contributed by atoms with Gasteiger partial charge in [0.05, 0.1) is 18.5 Å². The maximum Gasteiger partial charge on any atom is 0.279 e. The van der Waals surface area contributed by atoms with Crippen LogP contribution in [0.3, 0.4) is 0 Å². The third kappa shape index (κ3) is 3.03. The first kappa shape index (κ1) is 20.7. The van der Waals surface area contributed by atoms with Gasteiger partial charge in [0.25, 0.3) is 5.91 Å². The Morgan fingerprint density at radius 1 is 1.28 bits per heavy atom. The molecule has 0 fully saturated rings. The first-order chi connectivity index (χ1) is 15.4. The SMILES string of the molecule is C=CCn1c(Br)nc2c1C(c1ccc(Cl)cc1)N(c1cc(OC)c3nnc(C)n3c1)C2=O. The number of aromatic nitrogens is 5. The van der Waals surface area contributed by atoms with Crippen LogP contribution in [0, 0.1) is 6.92 Å². The fourth-order valence-corrected chi connectivity index (χ4v) is 4.73. The average Bonchev–Trinajstić information content (AvgIpc) is 3.41. The van der Waals surface area contributed by atoms with Gasteiger partial charge in [-0.2, -0.15) is 0 Å². The Morgan fingerprint density at radius 3 is 2.72 bits per heavy atom. The van der Waals surface area contributed by atoms with E-state index in [2.05, 4.69) is 37.7 Å². The molecule has 4 aromatic rings. The number of imidazole rings is 1. The molecule has 3 aromatic heterocycles. The first-order valence-corrected chi connectivity index (χ1v) is 11.0. The maximum atomic E-state index is 13.7. The number of pyridine rings is 1. The maximum absolute atomic E-state index is 13.7. The number of benzene rings is 1. The van der Waals surface area contributed by atoms with Crippen LogP contribution >= 0.6 is 27.5 Å². The number of anilines is 1. The van der Waals surface area contributed by atoms with Crippen LogP contribution < -0.4 is 9.64 Å². The highest BCUT2D eigenvalue weighted by Crippen LogP contribution is 2.44. The quantitative estimate of drug-likeness (QED) is 0.365. The van der Waals surface area contributed by atoms with E-state index in [1.165, 1.54) is 0 Å². The number of rotatable bonds is 5. The van der Waals surface area contributed by atoms with Crippen LogP contribution in [0.25, 0.3) is 5.65 Å². The predicted octanol–water partition coefficient (Wildman–Crippen LogP) is 4.59. The minimum absolute atomic E-state index is 0.212. The zero-order valence-electron chi connectivity index (χ0n) is 17.3. The minimum Gasteiger partial charge on any atom is -0.493 e. The van der Waals surface area contributed by atoms with Crippen molar-refractivity contribution in [3.05, 3.63) is 81.7 Å². The summed E-state index contributed by atoms with van der Waals surface area (Å²) in [5.41, 5.74) is 3.29. The Hall–Kier alpha value is -3.17.